The number of hydrogen-bond donors (Lipinski definition) is 1. The van der Waals surface area contributed by atoms with Gasteiger partial charge in [0.2, 0.25) is 5.91 Å². The molecule has 1 rings (SSSR count). The van der Waals surface area contributed by atoms with Crippen molar-refractivity contribution < 1.29 is 13.7 Å². The lowest BCUT2D eigenvalue weighted by atomic mass is 10.3. The standard InChI is InChI=1S/C14H22N2O3S/c1-16(10-5-9-15)14(17)8-11-20(18)13-7-4-3-6-12(13)19-2/h3-4,6-7H,5,8-11,15H2,1-2H3. The monoisotopic (exact) mass is 298 g/mol. The first kappa shape index (κ1) is 16.7. The summed E-state index contributed by atoms with van der Waals surface area (Å²) in [7, 11) is 2.05. The fourth-order valence-corrected chi connectivity index (χ4v) is 2.93. The SMILES string of the molecule is COc1ccccc1S(=O)CCC(=O)N(C)CCCN. The van der Waals surface area contributed by atoms with Gasteiger partial charge in [0.25, 0.3) is 0 Å². The first-order valence-electron chi connectivity index (χ1n) is 6.55. The molecule has 0 fully saturated rings. The molecule has 0 heterocycles. The maximum absolute atomic E-state index is 12.2. The summed E-state index contributed by atoms with van der Waals surface area (Å²) in [4.78, 5) is 14.1. The van der Waals surface area contributed by atoms with Crippen molar-refractivity contribution in [2.24, 2.45) is 5.73 Å². The summed E-state index contributed by atoms with van der Waals surface area (Å²) in [6.45, 7) is 1.20. The zero-order valence-corrected chi connectivity index (χ0v) is 12.8. The van der Waals surface area contributed by atoms with E-state index in [1.54, 1.807) is 31.2 Å². The number of nitrogens with zero attached hydrogens (tertiary/aromatic N) is 1. The van der Waals surface area contributed by atoms with Crippen molar-refractivity contribution in [3.63, 3.8) is 0 Å². The number of benzene rings is 1. The predicted octanol–water partition coefficient (Wildman–Crippen LogP) is 1.00. The minimum atomic E-state index is -1.23. The predicted molar refractivity (Wildman–Crippen MR) is 80.2 cm³/mol. The van der Waals surface area contributed by atoms with Crippen LogP contribution in [-0.2, 0) is 15.6 Å². The summed E-state index contributed by atoms with van der Waals surface area (Å²) < 4.78 is 17.4. The van der Waals surface area contributed by atoms with E-state index in [2.05, 4.69) is 0 Å². The summed E-state index contributed by atoms with van der Waals surface area (Å²) in [5.74, 6) is 0.878. The number of methoxy groups -OCH3 is 1. The Morgan fingerprint density at radius 2 is 2.10 bits per heavy atom. The van der Waals surface area contributed by atoms with Gasteiger partial charge in [0.1, 0.15) is 5.75 Å². The van der Waals surface area contributed by atoms with Crippen LogP contribution in [0.4, 0.5) is 0 Å². The molecule has 0 aliphatic heterocycles. The molecule has 1 aromatic carbocycles. The van der Waals surface area contributed by atoms with Crippen LogP contribution in [0.15, 0.2) is 29.2 Å². The van der Waals surface area contributed by atoms with E-state index in [0.717, 1.165) is 6.42 Å². The van der Waals surface area contributed by atoms with Gasteiger partial charge in [-0.3, -0.25) is 9.00 Å². The van der Waals surface area contributed by atoms with E-state index in [1.807, 2.05) is 12.1 Å². The number of amides is 1. The Morgan fingerprint density at radius 1 is 1.40 bits per heavy atom. The van der Waals surface area contributed by atoms with Crippen molar-refractivity contribution in [3.8, 4) is 5.75 Å². The van der Waals surface area contributed by atoms with Crippen LogP contribution >= 0.6 is 0 Å². The molecule has 0 aromatic heterocycles. The number of hydrogen-bond acceptors (Lipinski definition) is 4. The second kappa shape index (κ2) is 8.71. The highest BCUT2D eigenvalue weighted by molar-refractivity contribution is 7.85. The molecular weight excluding hydrogens is 276 g/mol. The summed E-state index contributed by atoms with van der Waals surface area (Å²) in [6.07, 6.45) is 1.03. The van der Waals surface area contributed by atoms with Gasteiger partial charge >= 0.3 is 0 Å². The van der Waals surface area contributed by atoms with Crippen molar-refractivity contribution in [2.75, 3.05) is 33.0 Å². The molecule has 0 aliphatic rings. The number of para-hydroxylation sites is 1. The molecule has 0 radical (unpaired) electrons. The molecular formula is C14H22N2O3S. The van der Waals surface area contributed by atoms with E-state index in [4.69, 9.17) is 10.5 Å². The van der Waals surface area contributed by atoms with Crippen LogP contribution in [0.3, 0.4) is 0 Å². The normalized spacial score (nSPS) is 11.9. The van der Waals surface area contributed by atoms with E-state index in [9.17, 15) is 9.00 Å². The van der Waals surface area contributed by atoms with Crippen molar-refractivity contribution in [1.29, 1.82) is 0 Å². The van der Waals surface area contributed by atoms with Crippen molar-refractivity contribution >= 4 is 16.7 Å². The number of carbonyl (C=O) groups is 1. The van der Waals surface area contributed by atoms with Crippen LogP contribution in [0.1, 0.15) is 12.8 Å². The largest absolute Gasteiger partial charge is 0.495 e. The number of nitrogens with two attached hydrogens (primary N) is 1. The van der Waals surface area contributed by atoms with Gasteiger partial charge in [-0.05, 0) is 25.1 Å². The molecule has 5 nitrogen and oxygen atoms in total. The van der Waals surface area contributed by atoms with E-state index >= 15 is 0 Å². The molecule has 0 aliphatic carbocycles. The van der Waals surface area contributed by atoms with Crippen molar-refractivity contribution in [1.82, 2.24) is 4.90 Å². The Hall–Kier alpha value is -1.40. The second-order valence-corrected chi connectivity index (χ2v) is 5.95. The van der Waals surface area contributed by atoms with Gasteiger partial charge < -0.3 is 15.4 Å². The van der Waals surface area contributed by atoms with Gasteiger partial charge in [0.15, 0.2) is 0 Å². The van der Waals surface area contributed by atoms with Crippen LogP contribution in [0.5, 0.6) is 5.75 Å². The fraction of sp³-hybridized carbons (Fsp3) is 0.500. The minimum Gasteiger partial charge on any atom is -0.495 e. The van der Waals surface area contributed by atoms with Crippen molar-refractivity contribution in [2.45, 2.75) is 17.7 Å². The van der Waals surface area contributed by atoms with Crippen LogP contribution in [0, 0.1) is 0 Å². The van der Waals surface area contributed by atoms with Crippen LogP contribution < -0.4 is 10.5 Å². The van der Waals surface area contributed by atoms with Crippen molar-refractivity contribution in [3.05, 3.63) is 24.3 Å². The Balaban J connectivity index is 2.53. The van der Waals surface area contributed by atoms with Crippen LogP contribution in [0.25, 0.3) is 0 Å². The highest BCUT2D eigenvalue weighted by Crippen LogP contribution is 2.21. The average Bonchev–Trinajstić information content (AvgIpc) is 2.49. The number of carbonyl (C=O) groups excluding carboxylic acids is 1. The minimum absolute atomic E-state index is 0.0123. The van der Waals surface area contributed by atoms with E-state index in [-0.39, 0.29) is 12.3 Å². The maximum Gasteiger partial charge on any atom is 0.223 e. The molecule has 1 aromatic rings. The van der Waals surface area contributed by atoms with Gasteiger partial charge in [-0.15, -0.1) is 0 Å². The van der Waals surface area contributed by atoms with Gasteiger partial charge in [0, 0.05) is 25.8 Å². The quantitative estimate of drug-likeness (QED) is 0.777. The average molecular weight is 298 g/mol. The molecule has 20 heavy (non-hydrogen) atoms. The van der Waals surface area contributed by atoms with E-state index < -0.39 is 10.8 Å². The lowest BCUT2D eigenvalue weighted by Gasteiger charge is -2.16. The highest BCUT2D eigenvalue weighted by atomic mass is 32.2. The van der Waals surface area contributed by atoms with Gasteiger partial charge in [0.05, 0.1) is 22.8 Å². The molecule has 0 spiro atoms. The highest BCUT2D eigenvalue weighted by Gasteiger charge is 2.14. The molecule has 0 bridgehead atoms. The van der Waals surface area contributed by atoms with E-state index in [0.29, 0.717) is 29.5 Å². The number of rotatable bonds is 8. The molecule has 6 heteroatoms. The van der Waals surface area contributed by atoms with Gasteiger partial charge in [-0.1, -0.05) is 12.1 Å². The molecule has 0 saturated heterocycles. The smallest absolute Gasteiger partial charge is 0.223 e. The molecule has 1 amide bonds. The summed E-state index contributed by atoms with van der Waals surface area (Å²) in [5, 5.41) is 0. The molecule has 1 atom stereocenters. The third-order valence-electron chi connectivity index (χ3n) is 2.94. The zero-order chi connectivity index (χ0) is 15.0. The lowest BCUT2D eigenvalue weighted by Crippen LogP contribution is -2.29. The van der Waals surface area contributed by atoms with E-state index in [1.165, 1.54) is 0 Å². The Kier molecular flexibility index (Phi) is 7.25. The Morgan fingerprint density at radius 3 is 2.75 bits per heavy atom. The molecule has 0 saturated carbocycles. The summed E-state index contributed by atoms with van der Waals surface area (Å²) in [6, 6.07) is 7.16. The summed E-state index contributed by atoms with van der Waals surface area (Å²) in [5.41, 5.74) is 5.41. The lowest BCUT2D eigenvalue weighted by molar-refractivity contribution is -0.129. The molecule has 2 N–H and O–H groups in total. The fourth-order valence-electron chi connectivity index (χ4n) is 1.74. The maximum atomic E-state index is 12.2. The van der Waals surface area contributed by atoms with Gasteiger partial charge in [-0.25, -0.2) is 0 Å². The summed E-state index contributed by atoms with van der Waals surface area (Å²) >= 11 is 0. The van der Waals surface area contributed by atoms with Crippen LogP contribution in [0.2, 0.25) is 0 Å². The Labute approximate surface area is 122 Å². The van der Waals surface area contributed by atoms with Gasteiger partial charge in [-0.2, -0.15) is 0 Å². The third-order valence-corrected chi connectivity index (χ3v) is 4.34. The first-order valence-corrected chi connectivity index (χ1v) is 7.87. The zero-order valence-electron chi connectivity index (χ0n) is 12.0. The molecule has 112 valence electrons. The third kappa shape index (κ3) is 4.94. The van der Waals surface area contributed by atoms with Crippen LogP contribution in [-0.4, -0.2) is 48.0 Å². The molecule has 1 unspecified atom stereocenters. The number of ether oxygens (including phenoxy) is 1. The Bertz CT molecular complexity index is 465. The first-order chi connectivity index (χ1) is 9.60. The topological polar surface area (TPSA) is 72.6 Å². The second-order valence-electron chi connectivity index (χ2n) is 4.41.